The van der Waals surface area contributed by atoms with Crippen LogP contribution >= 0.6 is 0 Å². The Balaban J connectivity index is 2.09. The van der Waals surface area contributed by atoms with E-state index < -0.39 is 0 Å². The van der Waals surface area contributed by atoms with Crippen LogP contribution in [0, 0.1) is 0 Å². The van der Waals surface area contributed by atoms with Gasteiger partial charge in [0.2, 0.25) is 0 Å². The lowest BCUT2D eigenvalue weighted by Gasteiger charge is -2.36. The quantitative estimate of drug-likeness (QED) is 0.689. The van der Waals surface area contributed by atoms with Crippen LogP contribution < -0.4 is 0 Å². The van der Waals surface area contributed by atoms with Crippen molar-refractivity contribution in [2.24, 2.45) is 0 Å². The molecule has 0 spiro atoms. The summed E-state index contributed by atoms with van der Waals surface area (Å²) in [6, 6.07) is 0.694. The first kappa shape index (κ1) is 12.9. The van der Waals surface area contributed by atoms with Gasteiger partial charge in [0, 0.05) is 38.8 Å². The lowest BCUT2D eigenvalue weighted by atomic mass is 10.2. The molecule has 0 unspecified atom stereocenters. The van der Waals surface area contributed by atoms with Crippen molar-refractivity contribution in [1.29, 1.82) is 0 Å². The Hall–Kier alpha value is -0.120. The highest BCUT2D eigenvalue weighted by atomic mass is 16.5. The molecule has 0 amide bonds. The van der Waals surface area contributed by atoms with E-state index >= 15 is 0 Å². The molecule has 0 radical (unpaired) electrons. The molecule has 1 aliphatic rings. The number of ether oxygens (including phenoxy) is 1. The van der Waals surface area contributed by atoms with Crippen LogP contribution in [0.25, 0.3) is 0 Å². The highest BCUT2D eigenvalue weighted by molar-refractivity contribution is 4.73. The molecular formula is C12H26N2O. The van der Waals surface area contributed by atoms with E-state index in [2.05, 4.69) is 37.5 Å². The summed E-state index contributed by atoms with van der Waals surface area (Å²) in [6.45, 7) is 15.5. The van der Waals surface area contributed by atoms with Crippen molar-refractivity contribution in [3.8, 4) is 0 Å². The molecule has 90 valence electrons. The van der Waals surface area contributed by atoms with Gasteiger partial charge in [-0.2, -0.15) is 0 Å². The molecule has 0 aromatic carbocycles. The van der Waals surface area contributed by atoms with Crippen LogP contribution in [0.5, 0.6) is 0 Å². The minimum absolute atomic E-state index is 0.363. The molecule has 3 heteroatoms. The summed E-state index contributed by atoms with van der Waals surface area (Å²) in [7, 11) is 0. The van der Waals surface area contributed by atoms with Crippen LogP contribution in [-0.4, -0.2) is 61.3 Å². The molecule has 1 fully saturated rings. The van der Waals surface area contributed by atoms with Gasteiger partial charge in [0.25, 0.3) is 0 Å². The molecule has 0 saturated carbocycles. The molecule has 15 heavy (non-hydrogen) atoms. The van der Waals surface area contributed by atoms with Crippen LogP contribution in [-0.2, 0) is 4.74 Å². The molecular weight excluding hydrogens is 188 g/mol. The van der Waals surface area contributed by atoms with E-state index in [1.807, 2.05) is 0 Å². The van der Waals surface area contributed by atoms with E-state index in [0.717, 1.165) is 13.2 Å². The molecule has 1 rings (SSSR count). The zero-order valence-electron chi connectivity index (χ0n) is 10.7. The van der Waals surface area contributed by atoms with Gasteiger partial charge in [-0.1, -0.05) is 0 Å². The van der Waals surface area contributed by atoms with E-state index in [4.69, 9.17) is 4.74 Å². The largest absolute Gasteiger partial charge is 0.377 e. The Morgan fingerprint density at radius 1 is 1.00 bits per heavy atom. The predicted octanol–water partition coefficient (Wildman–Crippen LogP) is 1.44. The van der Waals surface area contributed by atoms with E-state index in [1.165, 1.54) is 26.2 Å². The molecule has 0 bridgehead atoms. The minimum Gasteiger partial charge on any atom is -0.377 e. The fourth-order valence-electron chi connectivity index (χ4n) is 1.92. The van der Waals surface area contributed by atoms with Gasteiger partial charge in [-0.15, -0.1) is 0 Å². The first-order valence-electron chi connectivity index (χ1n) is 6.17. The Bertz CT molecular complexity index is 160. The smallest absolute Gasteiger partial charge is 0.0596 e. The first-order valence-corrected chi connectivity index (χ1v) is 6.17. The Labute approximate surface area is 94.4 Å². The van der Waals surface area contributed by atoms with Gasteiger partial charge < -0.3 is 4.74 Å². The monoisotopic (exact) mass is 214 g/mol. The standard InChI is InChI=1S/C12H26N2O/c1-11(2)14-7-5-13(6-8-14)9-10-15-12(3)4/h11-12H,5-10H2,1-4H3. The van der Waals surface area contributed by atoms with Gasteiger partial charge in [0.1, 0.15) is 0 Å². The van der Waals surface area contributed by atoms with Crippen LogP contribution in [0.2, 0.25) is 0 Å². The van der Waals surface area contributed by atoms with Crippen LogP contribution in [0.3, 0.4) is 0 Å². The minimum atomic E-state index is 0.363. The van der Waals surface area contributed by atoms with Crippen molar-refractivity contribution in [3.63, 3.8) is 0 Å². The maximum atomic E-state index is 5.56. The first-order chi connectivity index (χ1) is 7.09. The summed E-state index contributed by atoms with van der Waals surface area (Å²) in [5, 5.41) is 0. The molecule has 0 aliphatic carbocycles. The number of rotatable bonds is 5. The van der Waals surface area contributed by atoms with Crippen molar-refractivity contribution in [2.45, 2.75) is 39.8 Å². The van der Waals surface area contributed by atoms with Crippen LogP contribution in [0.4, 0.5) is 0 Å². The average molecular weight is 214 g/mol. The summed E-state index contributed by atoms with van der Waals surface area (Å²) < 4.78 is 5.56. The molecule has 0 aromatic heterocycles. The van der Waals surface area contributed by atoms with Crippen molar-refractivity contribution in [1.82, 2.24) is 9.80 Å². The Kier molecular flexibility index (Phi) is 5.58. The third-order valence-electron chi connectivity index (χ3n) is 3.00. The molecule has 1 heterocycles. The van der Waals surface area contributed by atoms with Crippen LogP contribution in [0.1, 0.15) is 27.7 Å². The summed E-state index contributed by atoms with van der Waals surface area (Å²) in [5.74, 6) is 0. The zero-order chi connectivity index (χ0) is 11.3. The fourth-order valence-corrected chi connectivity index (χ4v) is 1.92. The van der Waals surface area contributed by atoms with Crippen molar-refractivity contribution in [3.05, 3.63) is 0 Å². The second-order valence-corrected chi connectivity index (χ2v) is 4.89. The van der Waals surface area contributed by atoms with Gasteiger partial charge in [0.15, 0.2) is 0 Å². The molecule has 1 aliphatic heterocycles. The topological polar surface area (TPSA) is 15.7 Å². The lowest BCUT2D eigenvalue weighted by molar-refractivity contribution is 0.0404. The highest BCUT2D eigenvalue weighted by Crippen LogP contribution is 2.05. The Morgan fingerprint density at radius 3 is 2.07 bits per heavy atom. The summed E-state index contributed by atoms with van der Waals surface area (Å²) in [4.78, 5) is 5.04. The normalized spacial score (nSPS) is 20.4. The Morgan fingerprint density at radius 2 is 1.60 bits per heavy atom. The number of nitrogens with zero attached hydrogens (tertiary/aromatic N) is 2. The molecule has 3 nitrogen and oxygen atoms in total. The van der Waals surface area contributed by atoms with Crippen LogP contribution in [0.15, 0.2) is 0 Å². The SMILES string of the molecule is CC(C)OCCN1CCN(C(C)C)CC1. The summed E-state index contributed by atoms with van der Waals surface area (Å²) in [5.41, 5.74) is 0. The average Bonchev–Trinajstić information content (AvgIpc) is 2.18. The number of hydrogen-bond donors (Lipinski definition) is 0. The van der Waals surface area contributed by atoms with Gasteiger partial charge in [-0.3, -0.25) is 9.80 Å². The van der Waals surface area contributed by atoms with Gasteiger partial charge in [0.05, 0.1) is 12.7 Å². The van der Waals surface area contributed by atoms with E-state index in [0.29, 0.717) is 12.1 Å². The van der Waals surface area contributed by atoms with Gasteiger partial charge >= 0.3 is 0 Å². The van der Waals surface area contributed by atoms with E-state index in [9.17, 15) is 0 Å². The van der Waals surface area contributed by atoms with Crippen molar-refractivity contribution >= 4 is 0 Å². The van der Waals surface area contributed by atoms with E-state index in [-0.39, 0.29) is 0 Å². The molecule has 0 N–H and O–H groups in total. The molecule has 0 aromatic rings. The second-order valence-electron chi connectivity index (χ2n) is 4.89. The fraction of sp³-hybridized carbons (Fsp3) is 1.00. The van der Waals surface area contributed by atoms with Gasteiger partial charge in [-0.05, 0) is 27.7 Å². The second kappa shape index (κ2) is 6.46. The number of piperazine rings is 1. The third kappa shape index (κ3) is 4.96. The molecule has 0 atom stereocenters. The maximum absolute atomic E-state index is 5.56. The molecule has 1 saturated heterocycles. The summed E-state index contributed by atoms with van der Waals surface area (Å²) in [6.07, 6.45) is 0.363. The van der Waals surface area contributed by atoms with Crippen molar-refractivity contribution in [2.75, 3.05) is 39.3 Å². The highest BCUT2D eigenvalue weighted by Gasteiger charge is 2.18. The predicted molar refractivity (Wildman–Crippen MR) is 64.2 cm³/mol. The van der Waals surface area contributed by atoms with Crippen molar-refractivity contribution < 1.29 is 4.74 Å². The van der Waals surface area contributed by atoms with Gasteiger partial charge in [-0.25, -0.2) is 0 Å². The maximum Gasteiger partial charge on any atom is 0.0596 e. The summed E-state index contributed by atoms with van der Waals surface area (Å²) >= 11 is 0. The third-order valence-corrected chi connectivity index (χ3v) is 3.00. The lowest BCUT2D eigenvalue weighted by Crippen LogP contribution is -2.49. The zero-order valence-corrected chi connectivity index (χ0v) is 10.7. The van der Waals surface area contributed by atoms with E-state index in [1.54, 1.807) is 0 Å². The number of hydrogen-bond acceptors (Lipinski definition) is 3.